The van der Waals surface area contributed by atoms with Crippen LogP contribution in [-0.2, 0) is 0 Å². The third-order valence-corrected chi connectivity index (χ3v) is 3.88. The van der Waals surface area contributed by atoms with Gasteiger partial charge in [-0.2, -0.15) is 0 Å². The maximum atomic E-state index is 12.5. The third-order valence-electron chi connectivity index (χ3n) is 3.88. The van der Waals surface area contributed by atoms with Crippen LogP contribution in [0.2, 0.25) is 0 Å². The molecular formula is C16H18N2O2. The summed E-state index contributed by atoms with van der Waals surface area (Å²) in [6.07, 6.45) is 4.38. The summed E-state index contributed by atoms with van der Waals surface area (Å²) in [6.45, 7) is 1.51. The number of amides is 1. The van der Waals surface area contributed by atoms with E-state index in [0.717, 1.165) is 49.7 Å². The van der Waals surface area contributed by atoms with Gasteiger partial charge in [0.1, 0.15) is 5.56 Å². The van der Waals surface area contributed by atoms with Gasteiger partial charge in [0, 0.05) is 18.6 Å². The molecule has 0 atom stereocenters. The van der Waals surface area contributed by atoms with Crippen LogP contribution in [0.4, 0.5) is 0 Å². The van der Waals surface area contributed by atoms with Crippen molar-refractivity contribution in [3.63, 3.8) is 0 Å². The molecule has 1 fully saturated rings. The molecule has 1 saturated heterocycles. The summed E-state index contributed by atoms with van der Waals surface area (Å²) in [5.41, 5.74) is 0.730. The van der Waals surface area contributed by atoms with E-state index in [-0.39, 0.29) is 17.0 Å². The summed E-state index contributed by atoms with van der Waals surface area (Å²) in [7, 11) is 0. The molecule has 1 aromatic carbocycles. The molecule has 0 radical (unpaired) electrons. The van der Waals surface area contributed by atoms with Crippen molar-refractivity contribution in [2.45, 2.75) is 25.7 Å². The molecule has 3 rings (SSSR count). The third kappa shape index (κ3) is 2.46. The normalized spacial score (nSPS) is 16.1. The molecule has 2 aromatic rings. The summed E-state index contributed by atoms with van der Waals surface area (Å²) < 4.78 is 0. The zero-order chi connectivity index (χ0) is 13.9. The summed E-state index contributed by atoms with van der Waals surface area (Å²) in [4.78, 5) is 29.2. The standard InChI is InChI=1S/C16H18N2O2/c19-15-13(11-12-7-3-4-8-14(12)17-15)16(20)18-9-5-1-2-6-10-18/h3-4,7-8,11H,1-2,5-6,9-10H2,(H,17,19). The molecule has 1 N–H and O–H groups in total. The lowest BCUT2D eigenvalue weighted by molar-refractivity contribution is 0.0760. The Morgan fingerprint density at radius 3 is 2.50 bits per heavy atom. The lowest BCUT2D eigenvalue weighted by atomic mass is 10.1. The number of nitrogens with one attached hydrogen (secondary N) is 1. The summed E-state index contributed by atoms with van der Waals surface area (Å²) >= 11 is 0. The number of nitrogens with zero attached hydrogens (tertiary/aromatic N) is 1. The molecular weight excluding hydrogens is 252 g/mol. The first kappa shape index (κ1) is 12.9. The number of hydrogen-bond donors (Lipinski definition) is 1. The van der Waals surface area contributed by atoms with Gasteiger partial charge in [-0.1, -0.05) is 31.0 Å². The van der Waals surface area contributed by atoms with Crippen LogP contribution in [0.25, 0.3) is 10.9 Å². The number of rotatable bonds is 1. The van der Waals surface area contributed by atoms with E-state index in [4.69, 9.17) is 0 Å². The quantitative estimate of drug-likeness (QED) is 0.865. The van der Waals surface area contributed by atoms with Gasteiger partial charge in [0.15, 0.2) is 0 Å². The van der Waals surface area contributed by atoms with E-state index >= 15 is 0 Å². The molecule has 4 nitrogen and oxygen atoms in total. The Bertz CT molecular complexity index is 682. The van der Waals surface area contributed by atoms with Crippen LogP contribution in [0.5, 0.6) is 0 Å². The van der Waals surface area contributed by atoms with Crippen molar-refractivity contribution < 1.29 is 4.79 Å². The Labute approximate surface area is 117 Å². The second-order valence-electron chi connectivity index (χ2n) is 5.31. The molecule has 0 spiro atoms. The molecule has 0 unspecified atom stereocenters. The van der Waals surface area contributed by atoms with Crippen LogP contribution in [0.1, 0.15) is 36.0 Å². The fourth-order valence-electron chi connectivity index (χ4n) is 2.75. The summed E-state index contributed by atoms with van der Waals surface area (Å²) in [6, 6.07) is 9.23. The number of likely N-dealkylation sites (tertiary alicyclic amines) is 1. The van der Waals surface area contributed by atoms with Crippen LogP contribution >= 0.6 is 0 Å². The van der Waals surface area contributed by atoms with Crippen molar-refractivity contribution in [3.8, 4) is 0 Å². The average Bonchev–Trinajstić information content (AvgIpc) is 2.75. The first-order chi connectivity index (χ1) is 9.75. The molecule has 4 heteroatoms. The highest BCUT2D eigenvalue weighted by atomic mass is 16.2. The molecule has 1 aliphatic heterocycles. The van der Waals surface area contributed by atoms with Gasteiger partial charge >= 0.3 is 0 Å². The molecule has 20 heavy (non-hydrogen) atoms. The van der Waals surface area contributed by atoms with Crippen LogP contribution < -0.4 is 5.56 Å². The van der Waals surface area contributed by atoms with Crippen molar-refractivity contribution in [1.29, 1.82) is 0 Å². The zero-order valence-corrected chi connectivity index (χ0v) is 11.4. The zero-order valence-electron chi connectivity index (χ0n) is 11.4. The van der Waals surface area contributed by atoms with Crippen LogP contribution in [0.15, 0.2) is 35.1 Å². The van der Waals surface area contributed by atoms with E-state index in [1.54, 1.807) is 6.07 Å². The Balaban J connectivity index is 1.98. The van der Waals surface area contributed by atoms with Crippen LogP contribution in [0, 0.1) is 0 Å². The topological polar surface area (TPSA) is 53.2 Å². The number of benzene rings is 1. The Morgan fingerprint density at radius 1 is 1.05 bits per heavy atom. The van der Waals surface area contributed by atoms with Crippen LogP contribution in [0.3, 0.4) is 0 Å². The van der Waals surface area contributed by atoms with Crippen LogP contribution in [-0.4, -0.2) is 28.9 Å². The Hall–Kier alpha value is -2.10. The lowest BCUT2D eigenvalue weighted by Crippen LogP contribution is -2.35. The smallest absolute Gasteiger partial charge is 0.261 e. The van der Waals surface area contributed by atoms with E-state index in [9.17, 15) is 9.59 Å². The maximum Gasteiger partial charge on any atom is 0.261 e. The molecule has 104 valence electrons. The first-order valence-electron chi connectivity index (χ1n) is 7.17. The number of carbonyl (C=O) groups excluding carboxylic acids is 1. The van der Waals surface area contributed by atoms with Gasteiger partial charge in [0.2, 0.25) is 0 Å². The van der Waals surface area contributed by atoms with E-state index in [0.29, 0.717) is 0 Å². The van der Waals surface area contributed by atoms with E-state index in [1.165, 1.54) is 0 Å². The fraction of sp³-hybridized carbons (Fsp3) is 0.375. The van der Waals surface area contributed by atoms with E-state index in [2.05, 4.69) is 4.98 Å². The Morgan fingerprint density at radius 2 is 1.75 bits per heavy atom. The number of hydrogen-bond acceptors (Lipinski definition) is 2. The highest BCUT2D eigenvalue weighted by molar-refractivity contribution is 5.97. The second kappa shape index (κ2) is 5.49. The number of H-pyrrole nitrogens is 1. The number of aromatic amines is 1. The molecule has 0 bridgehead atoms. The number of carbonyl (C=O) groups is 1. The fourth-order valence-corrected chi connectivity index (χ4v) is 2.75. The molecule has 0 aliphatic carbocycles. The van der Waals surface area contributed by atoms with Gasteiger partial charge in [0.25, 0.3) is 11.5 Å². The lowest BCUT2D eigenvalue weighted by Gasteiger charge is -2.19. The predicted octanol–water partition coefficient (Wildman–Crippen LogP) is 2.54. The van der Waals surface area contributed by atoms with Gasteiger partial charge in [0.05, 0.1) is 0 Å². The monoisotopic (exact) mass is 270 g/mol. The average molecular weight is 270 g/mol. The summed E-state index contributed by atoms with van der Waals surface area (Å²) in [5, 5.41) is 0.894. The van der Waals surface area contributed by atoms with Gasteiger partial charge in [-0.05, 0) is 30.4 Å². The number of pyridine rings is 1. The van der Waals surface area contributed by atoms with Crippen molar-refractivity contribution in [1.82, 2.24) is 9.88 Å². The van der Waals surface area contributed by atoms with Gasteiger partial charge in [-0.3, -0.25) is 9.59 Å². The minimum absolute atomic E-state index is 0.140. The maximum absolute atomic E-state index is 12.5. The second-order valence-corrected chi connectivity index (χ2v) is 5.31. The SMILES string of the molecule is O=C(c1cc2ccccc2[nH]c1=O)N1CCCCCC1. The molecule has 2 heterocycles. The van der Waals surface area contributed by atoms with Gasteiger partial charge in [-0.25, -0.2) is 0 Å². The van der Waals surface area contributed by atoms with Crippen molar-refractivity contribution in [2.75, 3.05) is 13.1 Å². The molecule has 1 amide bonds. The number of para-hydroxylation sites is 1. The van der Waals surface area contributed by atoms with Gasteiger partial charge in [-0.15, -0.1) is 0 Å². The first-order valence-corrected chi connectivity index (χ1v) is 7.17. The van der Waals surface area contributed by atoms with Gasteiger partial charge < -0.3 is 9.88 Å². The van der Waals surface area contributed by atoms with E-state index in [1.807, 2.05) is 29.2 Å². The predicted molar refractivity (Wildman–Crippen MR) is 78.9 cm³/mol. The largest absolute Gasteiger partial charge is 0.338 e. The minimum Gasteiger partial charge on any atom is -0.338 e. The molecule has 1 aliphatic rings. The van der Waals surface area contributed by atoms with E-state index < -0.39 is 0 Å². The highest BCUT2D eigenvalue weighted by Crippen LogP contribution is 2.14. The number of aromatic nitrogens is 1. The molecule has 1 aromatic heterocycles. The minimum atomic E-state index is -0.294. The Kier molecular flexibility index (Phi) is 3.54. The highest BCUT2D eigenvalue weighted by Gasteiger charge is 2.20. The van der Waals surface area contributed by atoms with Crippen molar-refractivity contribution in [2.24, 2.45) is 0 Å². The summed E-state index contributed by atoms with van der Waals surface area (Å²) in [5.74, 6) is -0.140. The van der Waals surface area contributed by atoms with Crippen molar-refractivity contribution in [3.05, 3.63) is 46.2 Å². The number of fused-ring (bicyclic) bond motifs is 1. The molecule has 0 saturated carbocycles. The van der Waals surface area contributed by atoms with Crippen molar-refractivity contribution >= 4 is 16.8 Å².